The number of nitrogens with zero attached hydrogens (tertiary/aromatic N) is 5. The van der Waals surface area contributed by atoms with Crippen molar-refractivity contribution in [2.24, 2.45) is 5.92 Å². The van der Waals surface area contributed by atoms with E-state index in [2.05, 4.69) is 25.4 Å². The molecule has 0 radical (unpaired) electrons. The Morgan fingerprint density at radius 1 is 0.939 bits per heavy atom. The van der Waals surface area contributed by atoms with Crippen LogP contribution >= 0.6 is 0 Å². The predicted molar refractivity (Wildman–Crippen MR) is 126 cm³/mol. The molecule has 2 aromatic carbocycles. The maximum atomic E-state index is 12.9. The minimum atomic E-state index is -0.117. The van der Waals surface area contributed by atoms with Crippen LogP contribution in [0, 0.1) is 5.92 Å². The largest absolute Gasteiger partial charge is 0.457 e. The van der Waals surface area contributed by atoms with Crippen LogP contribution < -0.4 is 15.0 Å². The fourth-order valence-corrected chi connectivity index (χ4v) is 3.89. The van der Waals surface area contributed by atoms with E-state index in [1.165, 1.54) is 0 Å². The Morgan fingerprint density at radius 3 is 2.42 bits per heavy atom. The molecule has 1 N–H and O–H groups in total. The number of carbonyl (C=O) groups is 1. The van der Waals surface area contributed by atoms with Crippen molar-refractivity contribution in [2.75, 3.05) is 23.3 Å². The Kier molecular flexibility index (Phi) is 5.97. The van der Waals surface area contributed by atoms with Gasteiger partial charge in [0.2, 0.25) is 5.91 Å². The van der Waals surface area contributed by atoms with Crippen LogP contribution in [0.5, 0.6) is 11.5 Å². The van der Waals surface area contributed by atoms with E-state index in [4.69, 9.17) is 4.74 Å². The molecule has 4 aromatic rings. The Hall–Kier alpha value is -4.20. The number of benzene rings is 2. The number of para-hydroxylation sites is 1. The molecule has 1 amide bonds. The molecule has 1 saturated heterocycles. The van der Waals surface area contributed by atoms with E-state index in [0.717, 1.165) is 42.4 Å². The Morgan fingerprint density at radius 2 is 1.70 bits per heavy atom. The van der Waals surface area contributed by atoms with Gasteiger partial charge in [0.1, 0.15) is 17.8 Å². The first-order valence-corrected chi connectivity index (χ1v) is 11.0. The van der Waals surface area contributed by atoms with Crippen molar-refractivity contribution in [3.8, 4) is 17.3 Å². The van der Waals surface area contributed by atoms with Crippen molar-refractivity contribution in [1.82, 2.24) is 19.7 Å². The SMILES string of the molecule is O=C(Nc1ccc(Oc2ccccc2)cc1)C1CCCN(c2ccc(-n3ccnc3)nn2)C1. The molecule has 3 heterocycles. The van der Waals surface area contributed by atoms with Crippen molar-refractivity contribution in [3.63, 3.8) is 0 Å². The molecule has 0 aliphatic carbocycles. The third-order valence-corrected chi connectivity index (χ3v) is 5.62. The zero-order valence-electron chi connectivity index (χ0n) is 18.0. The number of nitrogens with one attached hydrogen (secondary N) is 1. The summed E-state index contributed by atoms with van der Waals surface area (Å²) in [5.41, 5.74) is 0.752. The molecule has 0 spiro atoms. The summed E-state index contributed by atoms with van der Waals surface area (Å²) in [5.74, 6) is 2.88. The number of rotatable bonds is 6. The Balaban J connectivity index is 1.18. The average molecular weight is 441 g/mol. The maximum absolute atomic E-state index is 12.9. The molecule has 0 saturated carbocycles. The van der Waals surface area contributed by atoms with Gasteiger partial charge < -0.3 is 15.0 Å². The smallest absolute Gasteiger partial charge is 0.229 e. The van der Waals surface area contributed by atoms with Crippen LogP contribution in [0.15, 0.2) is 85.5 Å². The fraction of sp³-hybridized carbons (Fsp3) is 0.200. The van der Waals surface area contributed by atoms with E-state index in [1.54, 1.807) is 17.1 Å². The third kappa shape index (κ3) is 5.01. The van der Waals surface area contributed by atoms with E-state index in [1.807, 2.05) is 72.9 Å². The minimum absolute atomic E-state index is 0.0134. The lowest BCUT2D eigenvalue weighted by molar-refractivity contribution is -0.120. The van der Waals surface area contributed by atoms with Crippen LogP contribution in [-0.4, -0.2) is 38.7 Å². The molecule has 1 fully saturated rings. The highest BCUT2D eigenvalue weighted by molar-refractivity contribution is 5.93. The van der Waals surface area contributed by atoms with Gasteiger partial charge in [-0.3, -0.25) is 9.36 Å². The van der Waals surface area contributed by atoms with Gasteiger partial charge in [0.25, 0.3) is 0 Å². The first-order valence-electron chi connectivity index (χ1n) is 11.0. The number of carbonyl (C=O) groups excluding carboxylic acids is 1. The number of hydrogen-bond donors (Lipinski definition) is 1. The van der Waals surface area contributed by atoms with E-state index in [0.29, 0.717) is 12.4 Å². The van der Waals surface area contributed by atoms with Crippen LogP contribution in [0.2, 0.25) is 0 Å². The quantitative estimate of drug-likeness (QED) is 0.481. The van der Waals surface area contributed by atoms with Crippen molar-refractivity contribution < 1.29 is 9.53 Å². The van der Waals surface area contributed by atoms with E-state index in [9.17, 15) is 4.79 Å². The highest BCUT2D eigenvalue weighted by atomic mass is 16.5. The topological polar surface area (TPSA) is 85.2 Å². The first kappa shape index (κ1) is 20.7. The molecule has 33 heavy (non-hydrogen) atoms. The summed E-state index contributed by atoms with van der Waals surface area (Å²) >= 11 is 0. The monoisotopic (exact) mass is 440 g/mol. The van der Waals surface area contributed by atoms with Gasteiger partial charge in [0.05, 0.1) is 5.92 Å². The van der Waals surface area contributed by atoms with E-state index >= 15 is 0 Å². The molecular formula is C25H24N6O2. The van der Waals surface area contributed by atoms with Gasteiger partial charge in [0, 0.05) is 31.2 Å². The second-order valence-electron chi connectivity index (χ2n) is 7.93. The molecule has 8 heteroatoms. The van der Waals surface area contributed by atoms with Gasteiger partial charge in [0.15, 0.2) is 11.6 Å². The van der Waals surface area contributed by atoms with Crippen LogP contribution in [0.4, 0.5) is 11.5 Å². The minimum Gasteiger partial charge on any atom is -0.457 e. The summed E-state index contributed by atoms with van der Waals surface area (Å²) < 4.78 is 7.62. The lowest BCUT2D eigenvalue weighted by Gasteiger charge is -2.32. The third-order valence-electron chi connectivity index (χ3n) is 5.62. The van der Waals surface area contributed by atoms with Crippen molar-refractivity contribution in [1.29, 1.82) is 0 Å². The standard InChI is InChI=1S/C25H24N6O2/c32-25(27-20-8-10-22(11-9-20)33-21-6-2-1-3-7-21)19-5-4-15-30(17-19)23-12-13-24(29-28-23)31-16-14-26-18-31/h1-3,6-14,16,18-19H,4-5,15,17H2,(H,27,32). The summed E-state index contributed by atoms with van der Waals surface area (Å²) in [4.78, 5) is 19.1. The van der Waals surface area contributed by atoms with Gasteiger partial charge in [-0.25, -0.2) is 4.98 Å². The lowest BCUT2D eigenvalue weighted by Crippen LogP contribution is -2.41. The number of piperidine rings is 1. The maximum Gasteiger partial charge on any atom is 0.229 e. The summed E-state index contributed by atoms with van der Waals surface area (Å²) in [5, 5.41) is 11.7. The van der Waals surface area contributed by atoms with E-state index < -0.39 is 0 Å². The number of hydrogen-bond acceptors (Lipinski definition) is 6. The van der Waals surface area contributed by atoms with Gasteiger partial charge in [-0.05, 0) is 61.4 Å². The second-order valence-corrected chi connectivity index (χ2v) is 7.93. The molecule has 1 aliphatic rings. The zero-order valence-corrected chi connectivity index (χ0v) is 18.0. The van der Waals surface area contributed by atoms with Crippen LogP contribution in [-0.2, 0) is 4.79 Å². The van der Waals surface area contributed by atoms with Gasteiger partial charge in [-0.15, -0.1) is 10.2 Å². The first-order chi connectivity index (χ1) is 16.2. The van der Waals surface area contributed by atoms with Crippen LogP contribution in [0.3, 0.4) is 0 Å². The molecule has 166 valence electrons. The number of imidazole rings is 1. The zero-order chi connectivity index (χ0) is 22.5. The molecule has 1 atom stereocenters. The Bertz CT molecular complexity index is 1180. The predicted octanol–water partition coefficient (Wildman–Crippen LogP) is 4.31. The fourth-order valence-electron chi connectivity index (χ4n) is 3.89. The summed E-state index contributed by atoms with van der Waals surface area (Å²) in [6.45, 7) is 1.47. The molecule has 1 aliphatic heterocycles. The molecule has 1 unspecified atom stereocenters. The van der Waals surface area contributed by atoms with Crippen molar-refractivity contribution >= 4 is 17.4 Å². The number of anilines is 2. The highest BCUT2D eigenvalue weighted by Crippen LogP contribution is 2.25. The molecule has 8 nitrogen and oxygen atoms in total. The Labute approximate surface area is 191 Å². The van der Waals surface area contributed by atoms with Gasteiger partial charge in [-0.2, -0.15) is 0 Å². The molecule has 2 aromatic heterocycles. The molecular weight excluding hydrogens is 416 g/mol. The van der Waals surface area contributed by atoms with E-state index in [-0.39, 0.29) is 11.8 Å². The van der Waals surface area contributed by atoms with Crippen LogP contribution in [0.25, 0.3) is 5.82 Å². The van der Waals surface area contributed by atoms with Gasteiger partial charge in [-0.1, -0.05) is 18.2 Å². The average Bonchev–Trinajstić information content (AvgIpc) is 3.41. The summed E-state index contributed by atoms with van der Waals surface area (Å²) in [6.07, 6.45) is 6.98. The number of amides is 1. The number of aromatic nitrogens is 4. The second kappa shape index (κ2) is 9.52. The normalized spacial score (nSPS) is 15.8. The molecule has 0 bridgehead atoms. The highest BCUT2D eigenvalue weighted by Gasteiger charge is 2.27. The summed E-state index contributed by atoms with van der Waals surface area (Å²) in [7, 11) is 0. The van der Waals surface area contributed by atoms with Crippen molar-refractivity contribution in [2.45, 2.75) is 12.8 Å². The van der Waals surface area contributed by atoms with Crippen molar-refractivity contribution in [3.05, 3.63) is 85.5 Å². The summed E-state index contributed by atoms with van der Waals surface area (Å²) in [6, 6.07) is 20.9. The van der Waals surface area contributed by atoms with Crippen LogP contribution in [0.1, 0.15) is 12.8 Å². The lowest BCUT2D eigenvalue weighted by atomic mass is 9.97. The molecule has 5 rings (SSSR count). The van der Waals surface area contributed by atoms with Gasteiger partial charge >= 0.3 is 0 Å². The number of ether oxygens (including phenoxy) is 1.